The first-order valence-electron chi connectivity index (χ1n) is 4.21. The van der Waals surface area contributed by atoms with Crippen LogP contribution in [-0.2, 0) is 4.74 Å². The summed E-state index contributed by atoms with van der Waals surface area (Å²) in [6, 6.07) is 3.04. The molecular weight excluding hydrogens is 189 g/mol. The lowest BCUT2D eigenvalue weighted by molar-refractivity contribution is 0.199. The van der Waals surface area contributed by atoms with E-state index in [4.69, 9.17) is 4.74 Å². The van der Waals surface area contributed by atoms with Crippen LogP contribution in [0.1, 0.15) is 6.42 Å². The molecule has 2 rings (SSSR count). The Bertz CT molecular complexity index is 289. The molecule has 0 aliphatic carbocycles. The summed E-state index contributed by atoms with van der Waals surface area (Å²) < 4.78 is 18.3. The van der Waals surface area contributed by atoms with Gasteiger partial charge in [-0.3, -0.25) is 0 Å². The Morgan fingerprint density at radius 2 is 2.54 bits per heavy atom. The standard InChI is InChI=1S/C9H10FNOS/c10-8-2-1-4-11-9(8)13-7-3-5-12-6-7/h1-2,4,7H,3,5-6H2/t7-/m0/s1. The molecule has 0 saturated carbocycles. The minimum Gasteiger partial charge on any atom is -0.380 e. The van der Waals surface area contributed by atoms with E-state index in [9.17, 15) is 4.39 Å². The molecule has 4 heteroatoms. The molecule has 1 aliphatic rings. The van der Waals surface area contributed by atoms with Crippen LogP contribution in [0.15, 0.2) is 23.4 Å². The van der Waals surface area contributed by atoms with Gasteiger partial charge in [0.25, 0.3) is 0 Å². The maximum atomic E-state index is 13.1. The van der Waals surface area contributed by atoms with E-state index in [1.807, 2.05) is 0 Å². The average Bonchev–Trinajstić information content (AvgIpc) is 2.61. The summed E-state index contributed by atoms with van der Waals surface area (Å²) in [5.74, 6) is -0.237. The third-order valence-electron chi connectivity index (χ3n) is 1.89. The predicted octanol–water partition coefficient (Wildman–Crippen LogP) is 2.10. The van der Waals surface area contributed by atoms with Crippen LogP contribution in [0, 0.1) is 5.82 Å². The van der Waals surface area contributed by atoms with Crippen LogP contribution in [0.4, 0.5) is 4.39 Å². The number of rotatable bonds is 2. The molecule has 1 atom stereocenters. The topological polar surface area (TPSA) is 22.1 Å². The minimum atomic E-state index is -0.237. The van der Waals surface area contributed by atoms with Gasteiger partial charge in [-0.1, -0.05) is 11.8 Å². The Balaban J connectivity index is 2.04. The molecule has 13 heavy (non-hydrogen) atoms. The normalized spacial score (nSPS) is 22.1. The number of thioether (sulfide) groups is 1. The molecule has 0 radical (unpaired) electrons. The second kappa shape index (κ2) is 4.07. The van der Waals surface area contributed by atoms with Gasteiger partial charge in [-0.05, 0) is 18.6 Å². The van der Waals surface area contributed by atoms with Crippen LogP contribution >= 0.6 is 11.8 Å². The van der Waals surface area contributed by atoms with Crippen molar-refractivity contribution >= 4 is 11.8 Å². The summed E-state index contributed by atoms with van der Waals surface area (Å²) in [4.78, 5) is 3.97. The van der Waals surface area contributed by atoms with Crippen molar-refractivity contribution < 1.29 is 9.13 Å². The van der Waals surface area contributed by atoms with E-state index in [2.05, 4.69) is 4.98 Å². The van der Waals surface area contributed by atoms with Gasteiger partial charge < -0.3 is 4.74 Å². The molecule has 1 saturated heterocycles. The Morgan fingerprint density at radius 1 is 1.62 bits per heavy atom. The highest BCUT2D eigenvalue weighted by atomic mass is 32.2. The summed E-state index contributed by atoms with van der Waals surface area (Å²) in [5.41, 5.74) is 0. The van der Waals surface area contributed by atoms with Crippen molar-refractivity contribution in [1.82, 2.24) is 4.98 Å². The number of hydrogen-bond acceptors (Lipinski definition) is 3. The molecule has 1 aliphatic heterocycles. The Hall–Kier alpha value is -0.610. The summed E-state index contributed by atoms with van der Waals surface area (Å²) in [5, 5.41) is 0.849. The molecule has 2 nitrogen and oxygen atoms in total. The summed E-state index contributed by atoms with van der Waals surface area (Å²) in [6.07, 6.45) is 2.60. The van der Waals surface area contributed by atoms with Gasteiger partial charge in [-0.15, -0.1) is 0 Å². The number of nitrogens with zero attached hydrogens (tertiary/aromatic N) is 1. The van der Waals surface area contributed by atoms with E-state index < -0.39 is 0 Å². The van der Waals surface area contributed by atoms with Crippen LogP contribution in [0.3, 0.4) is 0 Å². The molecule has 1 fully saturated rings. The third kappa shape index (κ3) is 2.19. The molecule has 70 valence electrons. The molecular formula is C9H10FNOS. The van der Waals surface area contributed by atoms with Crippen molar-refractivity contribution in [1.29, 1.82) is 0 Å². The molecule has 0 unspecified atom stereocenters. The maximum absolute atomic E-state index is 13.1. The maximum Gasteiger partial charge on any atom is 0.155 e. The lowest BCUT2D eigenvalue weighted by Crippen LogP contribution is -2.01. The highest BCUT2D eigenvalue weighted by Crippen LogP contribution is 2.28. The fraction of sp³-hybridized carbons (Fsp3) is 0.444. The number of aromatic nitrogens is 1. The quantitative estimate of drug-likeness (QED) is 0.728. The number of hydrogen-bond donors (Lipinski definition) is 0. The van der Waals surface area contributed by atoms with Gasteiger partial charge in [0.2, 0.25) is 0 Å². The van der Waals surface area contributed by atoms with Gasteiger partial charge in [0.15, 0.2) is 5.82 Å². The zero-order valence-electron chi connectivity index (χ0n) is 7.07. The molecule has 0 aromatic carbocycles. The van der Waals surface area contributed by atoms with Crippen molar-refractivity contribution in [2.75, 3.05) is 13.2 Å². The second-order valence-corrected chi connectivity index (χ2v) is 4.18. The largest absolute Gasteiger partial charge is 0.380 e. The van der Waals surface area contributed by atoms with E-state index in [1.165, 1.54) is 17.8 Å². The van der Waals surface area contributed by atoms with E-state index >= 15 is 0 Å². The van der Waals surface area contributed by atoms with Crippen LogP contribution in [-0.4, -0.2) is 23.4 Å². The van der Waals surface area contributed by atoms with Crippen LogP contribution < -0.4 is 0 Å². The molecule has 0 N–H and O–H groups in total. The summed E-state index contributed by atoms with van der Waals surface area (Å²) in [6.45, 7) is 1.49. The predicted molar refractivity (Wildman–Crippen MR) is 49.3 cm³/mol. The van der Waals surface area contributed by atoms with Crippen LogP contribution in [0.2, 0.25) is 0 Å². The lowest BCUT2D eigenvalue weighted by Gasteiger charge is -2.05. The zero-order chi connectivity index (χ0) is 9.10. The smallest absolute Gasteiger partial charge is 0.155 e. The Kier molecular flexibility index (Phi) is 2.80. The number of ether oxygens (including phenoxy) is 1. The fourth-order valence-electron chi connectivity index (χ4n) is 1.22. The number of halogens is 1. The summed E-state index contributed by atoms with van der Waals surface area (Å²) in [7, 11) is 0. The molecule has 1 aromatic heterocycles. The molecule has 0 spiro atoms. The van der Waals surface area contributed by atoms with Gasteiger partial charge >= 0.3 is 0 Å². The van der Waals surface area contributed by atoms with Gasteiger partial charge in [0.1, 0.15) is 5.03 Å². The van der Waals surface area contributed by atoms with Crippen LogP contribution in [0.25, 0.3) is 0 Å². The molecule has 1 aromatic rings. The Labute approximate surface area is 80.5 Å². The number of pyridine rings is 1. The average molecular weight is 199 g/mol. The SMILES string of the molecule is Fc1cccnc1S[C@H]1CCOC1. The fourth-order valence-corrected chi connectivity index (χ4v) is 2.22. The zero-order valence-corrected chi connectivity index (χ0v) is 7.89. The first-order valence-corrected chi connectivity index (χ1v) is 5.09. The first-order chi connectivity index (χ1) is 6.36. The van der Waals surface area contributed by atoms with Gasteiger partial charge in [0.05, 0.1) is 6.61 Å². The molecule has 0 amide bonds. The molecule has 0 bridgehead atoms. The van der Waals surface area contributed by atoms with Gasteiger partial charge in [-0.25, -0.2) is 9.37 Å². The third-order valence-corrected chi connectivity index (χ3v) is 3.12. The van der Waals surface area contributed by atoms with Crippen molar-refractivity contribution in [2.24, 2.45) is 0 Å². The monoisotopic (exact) mass is 199 g/mol. The Morgan fingerprint density at radius 3 is 3.23 bits per heavy atom. The van der Waals surface area contributed by atoms with E-state index in [1.54, 1.807) is 12.3 Å². The van der Waals surface area contributed by atoms with E-state index in [-0.39, 0.29) is 5.82 Å². The van der Waals surface area contributed by atoms with Crippen molar-refractivity contribution in [3.63, 3.8) is 0 Å². The lowest BCUT2D eigenvalue weighted by atomic mass is 10.4. The van der Waals surface area contributed by atoms with Gasteiger partial charge in [-0.2, -0.15) is 0 Å². The van der Waals surface area contributed by atoms with Crippen LogP contribution in [0.5, 0.6) is 0 Å². The second-order valence-electron chi connectivity index (χ2n) is 2.89. The van der Waals surface area contributed by atoms with Crippen molar-refractivity contribution in [3.8, 4) is 0 Å². The van der Waals surface area contributed by atoms with Gasteiger partial charge in [0, 0.05) is 18.1 Å². The highest BCUT2D eigenvalue weighted by molar-refractivity contribution is 7.99. The van der Waals surface area contributed by atoms with E-state index in [0.717, 1.165) is 13.0 Å². The summed E-state index contributed by atoms with van der Waals surface area (Å²) >= 11 is 1.47. The first kappa shape index (κ1) is 8.97. The van der Waals surface area contributed by atoms with Crippen molar-refractivity contribution in [3.05, 3.63) is 24.1 Å². The van der Waals surface area contributed by atoms with E-state index in [0.29, 0.717) is 16.9 Å². The minimum absolute atomic E-state index is 0.237. The highest BCUT2D eigenvalue weighted by Gasteiger charge is 2.18. The van der Waals surface area contributed by atoms with Crippen molar-refractivity contribution in [2.45, 2.75) is 16.7 Å². The molecule has 2 heterocycles.